The highest BCUT2D eigenvalue weighted by molar-refractivity contribution is 5.27. The average Bonchev–Trinajstić information content (AvgIpc) is 2.31. The van der Waals surface area contributed by atoms with Crippen LogP contribution in [0.5, 0.6) is 0 Å². The number of benzene rings is 1. The van der Waals surface area contributed by atoms with Crippen LogP contribution in [0.3, 0.4) is 0 Å². The van der Waals surface area contributed by atoms with E-state index in [0.29, 0.717) is 24.0 Å². The first-order valence-electron chi connectivity index (χ1n) is 6.84. The number of ether oxygens (including phenoxy) is 1. The Morgan fingerprint density at radius 2 is 2.00 bits per heavy atom. The van der Waals surface area contributed by atoms with Gasteiger partial charge in [0.05, 0.1) is 6.10 Å². The molecule has 4 heteroatoms. The summed E-state index contributed by atoms with van der Waals surface area (Å²) >= 11 is 0. The Hall–Kier alpha value is -1.00. The Bertz CT molecular complexity index is 444. The van der Waals surface area contributed by atoms with E-state index in [9.17, 15) is 8.78 Å². The second-order valence-electron chi connectivity index (χ2n) is 5.38. The van der Waals surface area contributed by atoms with Gasteiger partial charge >= 0.3 is 0 Å². The molecule has 1 saturated carbocycles. The van der Waals surface area contributed by atoms with E-state index >= 15 is 0 Å². The topological polar surface area (TPSA) is 35.2 Å². The molecule has 0 heterocycles. The van der Waals surface area contributed by atoms with Crippen molar-refractivity contribution >= 4 is 0 Å². The highest BCUT2D eigenvalue weighted by Crippen LogP contribution is 2.36. The van der Waals surface area contributed by atoms with Crippen molar-refractivity contribution in [1.29, 1.82) is 0 Å². The van der Waals surface area contributed by atoms with E-state index in [-0.39, 0.29) is 5.56 Å². The maximum atomic E-state index is 13.8. The second kappa shape index (κ2) is 5.97. The Morgan fingerprint density at radius 3 is 2.63 bits per heavy atom. The molecule has 0 bridgehead atoms. The standard InChI is InChI=1S/C15H21F2NO/c1-3-19-11-5-10(6-11)7-15(18)12-8-13(16)9(2)4-14(12)17/h4,8,10-11,15H,3,5-7,18H2,1-2H3. The molecule has 2 N–H and O–H groups in total. The van der Waals surface area contributed by atoms with Crippen molar-refractivity contribution in [2.24, 2.45) is 11.7 Å². The molecular weight excluding hydrogens is 248 g/mol. The van der Waals surface area contributed by atoms with Crippen molar-refractivity contribution in [3.63, 3.8) is 0 Å². The monoisotopic (exact) mass is 269 g/mol. The molecule has 1 atom stereocenters. The normalized spacial score (nSPS) is 24.1. The van der Waals surface area contributed by atoms with Gasteiger partial charge in [-0.05, 0) is 56.7 Å². The number of aryl methyl sites for hydroxylation is 1. The fourth-order valence-corrected chi connectivity index (χ4v) is 2.67. The third-order valence-electron chi connectivity index (χ3n) is 3.86. The predicted molar refractivity (Wildman–Crippen MR) is 70.8 cm³/mol. The predicted octanol–water partition coefficient (Wildman–Crippen LogP) is 3.48. The smallest absolute Gasteiger partial charge is 0.128 e. The molecule has 0 saturated heterocycles. The van der Waals surface area contributed by atoms with Gasteiger partial charge in [-0.15, -0.1) is 0 Å². The van der Waals surface area contributed by atoms with Crippen LogP contribution in [0.1, 0.15) is 43.4 Å². The molecular formula is C15H21F2NO. The molecule has 1 aromatic carbocycles. The molecule has 0 aliphatic heterocycles. The minimum absolute atomic E-state index is 0.281. The zero-order valence-electron chi connectivity index (χ0n) is 11.5. The second-order valence-corrected chi connectivity index (χ2v) is 5.38. The van der Waals surface area contributed by atoms with Crippen LogP contribution in [0.15, 0.2) is 12.1 Å². The molecule has 0 amide bonds. The van der Waals surface area contributed by atoms with Crippen LogP contribution in [-0.2, 0) is 4.74 Å². The average molecular weight is 269 g/mol. The summed E-state index contributed by atoms with van der Waals surface area (Å²) in [5, 5.41) is 0. The lowest BCUT2D eigenvalue weighted by Gasteiger charge is -2.36. The van der Waals surface area contributed by atoms with Crippen molar-refractivity contribution in [2.45, 2.75) is 45.3 Å². The minimum atomic E-state index is -0.442. The summed E-state index contributed by atoms with van der Waals surface area (Å²) in [5.74, 6) is -0.352. The van der Waals surface area contributed by atoms with Gasteiger partial charge in [-0.3, -0.25) is 0 Å². The Balaban J connectivity index is 1.94. The Kier molecular flexibility index (Phi) is 4.53. The zero-order chi connectivity index (χ0) is 14.0. The summed E-state index contributed by atoms with van der Waals surface area (Å²) in [5.41, 5.74) is 6.59. The van der Waals surface area contributed by atoms with Crippen LogP contribution in [0.4, 0.5) is 8.78 Å². The highest BCUT2D eigenvalue weighted by atomic mass is 19.1. The minimum Gasteiger partial charge on any atom is -0.378 e. The van der Waals surface area contributed by atoms with Gasteiger partial charge in [-0.25, -0.2) is 8.78 Å². The van der Waals surface area contributed by atoms with E-state index in [0.717, 1.165) is 19.4 Å². The number of nitrogens with two attached hydrogens (primary N) is 1. The summed E-state index contributed by atoms with van der Waals surface area (Å²) in [6.07, 6.45) is 2.94. The van der Waals surface area contributed by atoms with Gasteiger partial charge in [-0.1, -0.05) is 0 Å². The van der Waals surface area contributed by atoms with E-state index in [4.69, 9.17) is 10.5 Å². The van der Waals surface area contributed by atoms with Gasteiger partial charge in [0.2, 0.25) is 0 Å². The quantitative estimate of drug-likeness (QED) is 0.888. The van der Waals surface area contributed by atoms with Crippen molar-refractivity contribution < 1.29 is 13.5 Å². The van der Waals surface area contributed by atoms with Crippen molar-refractivity contribution in [2.75, 3.05) is 6.61 Å². The van der Waals surface area contributed by atoms with Crippen molar-refractivity contribution in [3.8, 4) is 0 Å². The van der Waals surface area contributed by atoms with E-state index < -0.39 is 17.7 Å². The van der Waals surface area contributed by atoms with E-state index in [1.54, 1.807) is 6.92 Å². The van der Waals surface area contributed by atoms with E-state index in [1.165, 1.54) is 12.1 Å². The number of rotatable bonds is 5. The van der Waals surface area contributed by atoms with Crippen LogP contribution in [0.25, 0.3) is 0 Å². The molecule has 1 fully saturated rings. The molecule has 0 radical (unpaired) electrons. The van der Waals surface area contributed by atoms with Gasteiger partial charge in [0.25, 0.3) is 0 Å². The molecule has 0 spiro atoms. The number of halogens is 2. The molecule has 1 aromatic rings. The number of hydrogen-bond acceptors (Lipinski definition) is 2. The van der Waals surface area contributed by atoms with Gasteiger partial charge in [0, 0.05) is 18.2 Å². The molecule has 1 aliphatic rings. The van der Waals surface area contributed by atoms with Crippen molar-refractivity contribution in [1.82, 2.24) is 0 Å². The molecule has 19 heavy (non-hydrogen) atoms. The Morgan fingerprint density at radius 1 is 1.32 bits per heavy atom. The molecule has 106 valence electrons. The molecule has 2 nitrogen and oxygen atoms in total. The summed E-state index contributed by atoms with van der Waals surface area (Å²) in [4.78, 5) is 0. The molecule has 2 rings (SSSR count). The number of hydrogen-bond donors (Lipinski definition) is 1. The first kappa shape index (κ1) is 14.4. The summed E-state index contributed by atoms with van der Waals surface area (Å²) in [6, 6.07) is 2.00. The molecule has 1 unspecified atom stereocenters. The van der Waals surface area contributed by atoms with E-state index in [2.05, 4.69) is 0 Å². The first-order chi connectivity index (χ1) is 9.01. The zero-order valence-corrected chi connectivity index (χ0v) is 11.5. The largest absolute Gasteiger partial charge is 0.378 e. The lowest BCUT2D eigenvalue weighted by atomic mass is 9.77. The van der Waals surface area contributed by atoms with Crippen LogP contribution < -0.4 is 5.73 Å². The van der Waals surface area contributed by atoms with Crippen LogP contribution in [0, 0.1) is 24.5 Å². The maximum Gasteiger partial charge on any atom is 0.128 e. The van der Waals surface area contributed by atoms with Crippen molar-refractivity contribution in [3.05, 3.63) is 34.9 Å². The lowest BCUT2D eigenvalue weighted by molar-refractivity contribution is -0.0282. The first-order valence-corrected chi connectivity index (χ1v) is 6.84. The van der Waals surface area contributed by atoms with Gasteiger partial charge in [-0.2, -0.15) is 0 Å². The summed E-state index contributed by atoms with van der Waals surface area (Å²) in [6.45, 7) is 4.25. The van der Waals surface area contributed by atoms with Gasteiger partial charge in [0.1, 0.15) is 11.6 Å². The fourth-order valence-electron chi connectivity index (χ4n) is 2.67. The lowest BCUT2D eigenvalue weighted by Crippen LogP contribution is -2.33. The molecule has 1 aliphatic carbocycles. The summed E-state index contributed by atoms with van der Waals surface area (Å²) in [7, 11) is 0. The maximum absolute atomic E-state index is 13.8. The highest BCUT2D eigenvalue weighted by Gasteiger charge is 2.31. The fraction of sp³-hybridized carbons (Fsp3) is 0.600. The van der Waals surface area contributed by atoms with Crippen LogP contribution in [0.2, 0.25) is 0 Å². The molecule has 0 aromatic heterocycles. The van der Waals surface area contributed by atoms with Crippen LogP contribution in [-0.4, -0.2) is 12.7 Å². The Labute approximate surface area is 112 Å². The summed E-state index contributed by atoms with van der Waals surface area (Å²) < 4.78 is 32.7. The third-order valence-corrected chi connectivity index (χ3v) is 3.86. The van der Waals surface area contributed by atoms with E-state index in [1.807, 2.05) is 6.92 Å². The third kappa shape index (κ3) is 3.31. The SMILES string of the molecule is CCOC1CC(CC(N)c2cc(F)c(C)cc2F)C1. The van der Waals surface area contributed by atoms with Gasteiger partial charge < -0.3 is 10.5 Å². The van der Waals surface area contributed by atoms with Gasteiger partial charge in [0.15, 0.2) is 0 Å². The van der Waals surface area contributed by atoms with Crippen LogP contribution >= 0.6 is 0 Å².